The standard InChI is InChI=1S/C18H16F3IN4O2/c1-27-8-2-7-23-18-26-25-17(28-18)11-4-5-12(19)15(21)16(11)24-14-6-3-10(22)9-13(14)20/h3-6,9,24H,2,7-8H2,1H3,(H,23,26). The van der Waals surface area contributed by atoms with E-state index in [1.807, 2.05) is 22.6 Å². The third kappa shape index (κ3) is 4.73. The monoisotopic (exact) mass is 504 g/mol. The van der Waals surface area contributed by atoms with Crippen LogP contribution in [0.1, 0.15) is 6.42 Å². The van der Waals surface area contributed by atoms with Crippen molar-refractivity contribution in [2.75, 3.05) is 30.9 Å². The van der Waals surface area contributed by atoms with Gasteiger partial charge in [-0.25, -0.2) is 13.2 Å². The van der Waals surface area contributed by atoms with Crippen molar-refractivity contribution in [3.8, 4) is 11.5 Å². The molecular formula is C18H16F3IN4O2. The van der Waals surface area contributed by atoms with Crippen molar-refractivity contribution in [1.29, 1.82) is 0 Å². The number of hydrogen-bond acceptors (Lipinski definition) is 6. The van der Waals surface area contributed by atoms with Gasteiger partial charge in [0.05, 0.1) is 16.9 Å². The van der Waals surface area contributed by atoms with Crippen LogP contribution in [-0.4, -0.2) is 30.5 Å². The first-order chi connectivity index (χ1) is 13.5. The van der Waals surface area contributed by atoms with E-state index in [1.165, 1.54) is 18.2 Å². The van der Waals surface area contributed by atoms with E-state index in [-0.39, 0.29) is 28.8 Å². The molecular weight excluding hydrogens is 488 g/mol. The Morgan fingerprint density at radius 3 is 2.68 bits per heavy atom. The maximum atomic E-state index is 14.5. The van der Waals surface area contributed by atoms with Crippen LogP contribution in [-0.2, 0) is 4.74 Å². The molecule has 3 rings (SSSR count). The lowest BCUT2D eigenvalue weighted by Crippen LogP contribution is -2.04. The van der Waals surface area contributed by atoms with Gasteiger partial charge in [-0.05, 0) is 59.3 Å². The minimum Gasteiger partial charge on any atom is -0.403 e. The van der Waals surface area contributed by atoms with Gasteiger partial charge in [0.15, 0.2) is 11.6 Å². The molecule has 1 heterocycles. The summed E-state index contributed by atoms with van der Waals surface area (Å²) in [7, 11) is 1.60. The SMILES string of the molecule is COCCCNc1nnc(-c2ccc(F)c(F)c2Nc2ccc(I)cc2F)o1. The fraction of sp³-hybridized carbons (Fsp3) is 0.222. The zero-order valence-corrected chi connectivity index (χ0v) is 16.9. The Labute approximate surface area is 172 Å². The molecule has 0 aliphatic carbocycles. The summed E-state index contributed by atoms with van der Waals surface area (Å²) in [5.74, 6) is -2.91. The van der Waals surface area contributed by atoms with Crippen molar-refractivity contribution < 1.29 is 22.3 Å². The van der Waals surface area contributed by atoms with Crippen LogP contribution < -0.4 is 10.6 Å². The van der Waals surface area contributed by atoms with Gasteiger partial charge < -0.3 is 19.8 Å². The number of rotatable bonds is 8. The van der Waals surface area contributed by atoms with Gasteiger partial charge in [-0.3, -0.25) is 0 Å². The quantitative estimate of drug-likeness (QED) is 0.334. The molecule has 6 nitrogen and oxygen atoms in total. The molecule has 0 spiro atoms. The summed E-state index contributed by atoms with van der Waals surface area (Å²) in [6.45, 7) is 1.10. The van der Waals surface area contributed by atoms with Gasteiger partial charge in [0.1, 0.15) is 5.82 Å². The van der Waals surface area contributed by atoms with Gasteiger partial charge in [0.2, 0.25) is 0 Å². The maximum Gasteiger partial charge on any atom is 0.315 e. The van der Waals surface area contributed by atoms with E-state index in [2.05, 4.69) is 20.8 Å². The molecule has 0 bridgehead atoms. The molecule has 3 aromatic rings. The van der Waals surface area contributed by atoms with Crippen molar-refractivity contribution in [3.63, 3.8) is 0 Å². The van der Waals surface area contributed by atoms with Crippen molar-refractivity contribution >= 4 is 40.0 Å². The molecule has 0 fully saturated rings. The smallest absolute Gasteiger partial charge is 0.315 e. The van der Waals surface area contributed by atoms with Gasteiger partial charge >= 0.3 is 6.01 Å². The predicted octanol–water partition coefficient (Wildman–Crippen LogP) is 4.95. The number of nitrogens with one attached hydrogen (secondary N) is 2. The highest BCUT2D eigenvalue weighted by Gasteiger charge is 2.20. The number of nitrogens with zero attached hydrogens (tertiary/aromatic N) is 2. The number of ether oxygens (including phenoxy) is 1. The highest BCUT2D eigenvalue weighted by molar-refractivity contribution is 14.1. The Bertz CT molecular complexity index is 968. The Balaban J connectivity index is 1.90. The van der Waals surface area contributed by atoms with Crippen LogP contribution in [0.4, 0.5) is 30.6 Å². The van der Waals surface area contributed by atoms with Crippen molar-refractivity contribution in [3.05, 3.63) is 51.4 Å². The summed E-state index contributed by atoms with van der Waals surface area (Å²) in [5.41, 5.74) is -0.201. The van der Waals surface area contributed by atoms with E-state index < -0.39 is 17.5 Å². The summed E-state index contributed by atoms with van der Waals surface area (Å²) in [6, 6.07) is 6.69. The van der Waals surface area contributed by atoms with E-state index in [1.54, 1.807) is 13.2 Å². The largest absolute Gasteiger partial charge is 0.403 e. The molecule has 28 heavy (non-hydrogen) atoms. The van der Waals surface area contributed by atoms with Crippen LogP contribution in [0.3, 0.4) is 0 Å². The fourth-order valence-corrected chi connectivity index (χ4v) is 2.85. The zero-order chi connectivity index (χ0) is 20.1. The second kappa shape index (κ2) is 9.24. The maximum absolute atomic E-state index is 14.5. The first kappa shape index (κ1) is 20.4. The summed E-state index contributed by atoms with van der Waals surface area (Å²) in [6.07, 6.45) is 0.721. The first-order valence-electron chi connectivity index (χ1n) is 8.26. The van der Waals surface area contributed by atoms with Crippen LogP contribution >= 0.6 is 22.6 Å². The van der Waals surface area contributed by atoms with E-state index in [0.29, 0.717) is 16.7 Å². The second-order valence-electron chi connectivity index (χ2n) is 5.72. The van der Waals surface area contributed by atoms with E-state index >= 15 is 0 Å². The molecule has 0 saturated carbocycles. The van der Waals surface area contributed by atoms with Crippen LogP contribution in [0.2, 0.25) is 0 Å². The normalized spacial score (nSPS) is 10.9. The number of benzene rings is 2. The minimum atomic E-state index is -1.18. The number of hydrogen-bond donors (Lipinski definition) is 2. The molecule has 0 radical (unpaired) electrons. The average Bonchev–Trinajstić information content (AvgIpc) is 3.13. The van der Waals surface area contributed by atoms with E-state index in [4.69, 9.17) is 9.15 Å². The van der Waals surface area contributed by atoms with Crippen molar-refractivity contribution in [1.82, 2.24) is 10.2 Å². The molecule has 0 atom stereocenters. The van der Waals surface area contributed by atoms with Gasteiger partial charge in [0, 0.05) is 23.8 Å². The van der Waals surface area contributed by atoms with Crippen LogP contribution in [0.25, 0.3) is 11.5 Å². The summed E-state index contributed by atoms with van der Waals surface area (Å²) in [5, 5.41) is 13.2. The third-order valence-corrected chi connectivity index (χ3v) is 4.41. The lowest BCUT2D eigenvalue weighted by atomic mass is 10.1. The topological polar surface area (TPSA) is 72.2 Å². The minimum absolute atomic E-state index is 0.0106. The summed E-state index contributed by atoms with van der Waals surface area (Å²) < 4.78 is 53.5. The molecule has 2 N–H and O–H groups in total. The number of aromatic nitrogens is 2. The van der Waals surface area contributed by atoms with E-state index in [0.717, 1.165) is 12.5 Å². The Morgan fingerprint density at radius 1 is 1.11 bits per heavy atom. The molecule has 0 amide bonds. The summed E-state index contributed by atoms with van der Waals surface area (Å²) >= 11 is 1.95. The van der Waals surface area contributed by atoms with Gasteiger partial charge in [-0.2, -0.15) is 0 Å². The number of halogens is 4. The molecule has 2 aromatic carbocycles. The lowest BCUT2D eigenvalue weighted by molar-refractivity contribution is 0.197. The molecule has 0 unspecified atom stereocenters. The highest BCUT2D eigenvalue weighted by Crippen LogP contribution is 2.34. The average molecular weight is 504 g/mol. The Morgan fingerprint density at radius 2 is 1.93 bits per heavy atom. The van der Waals surface area contributed by atoms with Crippen molar-refractivity contribution in [2.24, 2.45) is 0 Å². The molecule has 0 aliphatic rings. The molecule has 0 aliphatic heterocycles. The second-order valence-corrected chi connectivity index (χ2v) is 6.96. The predicted molar refractivity (Wildman–Crippen MR) is 107 cm³/mol. The van der Waals surface area contributed by atoms with E-state index in [9.17, 15) is 13.2 Å². The molecule has 1 aromatic heterocycles. The summed E-state index contributed by atoms with van der Waals surface area (Å²) in [4.78, 5) is 0. The van der Waals surface area contributed by atoms with Gasteiger partial charge in [0.25, 0.3) is 5.89 Å². The number of methoxy groups -OCH3 is 1. The first-order valence-corrected chi connectivity index (χ1v) is 9.34. The van der Waals surface area contributed by atoms with Gasteiger partial charge in [-0.15, -0.1) is 5.10 Å². The van der Waals surface area contributed by atoms with Crippen molar-refractivity contribution in [2.45, 2.75) is 6.42 Å². The lowest BCUT2D eigenvalue weighted by Gasteiger charge is -2.12. The molecule has 10 heteroatoms. The zero-order valence-electron chi connectivity index (χ0n) is 14.7. The van der Waals surface area contributed by atoms with Crippen LogP contribution in [0.5, 0.6) is 0 Å². The van der Waals surface area contributed by atoms with Crippen LogP contribution in [0.15, 0.2) is 34.7 Å². The highest BCUT2D eigenvalue weighted by atomic mass is 127. The third-order valence-electron chi connectivity index (χ3n) is 3.74. The Kier molecular flexibility index (Phi) is 6.73. The number of anilines is 3. The fourth-order valence-electron chi connectivity index (χ4n) is 2.39. The molecule has 0 saturated heterocycles. The Hall–Kier alpha value is -2.34. The molecule has 148 valence electrons. The van der Waals surface area contributed by atoms with Crippen LogP contribution in [0, 0.1) is 21.0 Å². The van der Waals surface area contributed by atoms with Gasteiger partial charge in [-0.1, -0.05) is 5.10 Å².